The van der Waals surface area contributed by atoms with Crippen molar-refractivity contribution in [2.24, 2.45) is 5.41 Å². The molecule has 0 saturated heterocycles. The molecule has 0 aliphatic carbocycles. The van der Waals surface area contributed by atoms with E-state index >= 15 is 0 Å². The number of carbonyl (C=O) groups is 1. The van der Waals surface area contributed by atoms with E-state index in [4.69, 9.17) is 4.52 Å². The van der Waals surface area contributed by atoms with E-state index in [1.807, 2.05) is 6.92 Å². The van der Waals surface area contributed by atoms with Gasteiger partial charge in [-0.2, -0.15) is 0 Å². The molecular weight excluding hydrogens is 245 g/mol. The molecule has 7 heteroatoms. The highest BCUT2D eigenvalue weighted by Crippen LogP contribution is 2.29. The third-order valence-electron chi connectivity index (χ3n) is 2.23. The minimum atomic E-state index is -2.19. The Labute approximate surface area is 103 Å². The molecule has 0 rings (SSSR count). The van der Waals surface area contributed by atoms with Crippen molar-refractivity contribution in [2.75, 3.05) is 20.3 Å². The molecule has 0 aliphatic heterocycles. The zero-order valence-electron chi connectivity index (χ0n) is 10.7. The van der Waals surface area contributed by atoms with Crippen molar-refractivity contribution in [3.8, 4) is 0 Å². The van der Waals surface area contributed by atoms with Gasteiger partial charge in [0.15, 0.2) is 0 Å². The summed E-state index contributed by atoms with van der Waals surface area (Å²) in [4.78, 5) is 11.5. The summed E-state index contributed by atoms with van der Waals surface area (Å²) in [5.41, 5.74) is -0.832. The number of hydrogen-bond donors (Lipinski definition) is 2. The summed E-state index contributed by atoms with van der Waals surface area (Å²) in [6, 6.07) is 0. The maximum atomic E-state index is 11.5. The monoisotopic (exact) mass is 266 g/mol. The number of hydrogen-bond acceptors (Lipinski definition) is 5. The average Bonchev–Trinajstić information content (AvgIpc) is 2.31. The number of amides is 1. The Morgan fingerprint density at radius 1 is 1.53 bits per heavy atom. The third-order valence-corrected chi connectivity index (χ3v) is 2.87. The van der Waals surface area contributed by atoms with Gasteiger partial charge in [-0.25, -0.2) is 0 Å². The topological polar surface area (TPSA) is 84.9 Å². The molecular formula is C10H21NO5P+. The lowest BCUT2D eigenvalue weighted by atomic mass is 9.87. The lowest BCUT2D eigenvalue weighted by molar-refractivity contribution is -0.136. The van der Waals surface area contributed by atoms with Crippen LogP contribution in [0.3, 0.4) is 0 Å². The van der Waals surface area contributed by atoms with Gasteiger partial charge in [0.05, 0.1) is 7.11 Å². The first kappa shape index (κ1) is 16.4. The molecule has 0 aromatic carbocycles. The molecule has 2 N–H and O–H groups in total. The molecule has 0 aromatic rings. The summed E-state index contributed by atoms with van der Waals surface area (Å²) in [6.07, 6.45) is -0.417. The van der Waals surface area contributed by atoms with E-state index in [-0.39, 0.29) is 6.61 Å². The summed E-state index contributed by atoms with van der Waals surface area (Å²) in [7, 11) is -0.931. The zero-order chi connectivity index (χ0) is 13.5. The van der Waals surface area contributed by atoms with Gasteiger partial charge >= 0.3 is 8.25 Å². The first-order valence-electron chi connectivity index (χ1n) is 5.45. The van der Waals surface area contributed by atoms with Crippen LogP contribution in [0.4, 0.5) is 0 Å². The van der Waals surface area contributed by atoms with Crippen molar-refractivity contribution in [1.29, 1.82) is 0 Å². The zero-order valence-corrected chi connectivity index (χ0v) is 11.6. The second-order valence-electron chi connectivity index (χ2n) is 4.36. The lowest BCUT2D eigenvalue weighted by Crippen LogP contribution is -2.45. The smallest absolute Gasteiger partial charge is 0.383 e. The molecule has 2 unspecified atom stereocenters. The number of aliphatic hydroxyl groups excluding tert-OH is 1. The molecule has 0 fully saturated rings. The van der Waals surface area contributed by atoms with Gasteiger partial charge in [-0.05, 0) is 6.42 Å². The second-order valence-corrected chi connectivity index (χ2v) is 5.43. The normalized spacial score (nSPS) is 14.3. The predicted molar refractivity (Wildman–Crippen MR) is 63.7 cm³/mol. The standard InChI is InChI=1S/C10H20NO5P/c1-5-6-11-9(13)8(12)10(2,3)7-16-17(14)15-4/h8,12H,5-7H2,1-4H3/p+1. The van der Waals surface area contributed by atoms with Gasteiger partial charge in [0.2, 0.25) is 5.91 Å². The second kappa shape index (κ2) is 7.71. The maximum Gasteiger partial charge on any atom is 0.697 e. The van der Waals surface area contributed by atoms with Crippen LogP contribution in [-0.4, -0.2) is 37.4 Å². The number of carbonyl (C=O) groups excluding carboxylic acids is 1. The van der Waals surface area contributed by atoms with Gasteiger partial charge in [0.1, 0.15) is 12.7 Å². The minimum absolute atomic E-state index is 0.0310. The van der Waals surface area contributed by atoms with Gasteiger partial charge in [-0.3, -0.25) is 4.79 Å². The van der Waals surface area contributed by atoms with Crippen LogP contribution in [0.15, 0.2) is 0 Å². The van der Waals surface area contributed by atoms with Crippen LogP contribution in [0.5, 0.6) is 0 Å². The van der Waals surface area contributed by atoms with Crippen molar-refractivity contribution in [2.45, 2.75) is 33.3 Å². The minimum Gasteiger partial charge on any atom is -0.383 e. The van der Waals surface area contributed by atoms with Gasteiger partial charge in [-0.1, -0.05) is 20.8 Å². The Morgan fingerprint density at radius 2 is 2.12 bits per heavy atom. The molecule has 0 aliphatic rings. The fraction of sp³-hybridized carbons (Fsp3) is 0.900. The summed E-state index contributed by atoms with van der Waals surface area (Å²) in [6.45, 7) is 5.71. The highest BCUT2D eigenvalue weighted by atomic mass is 31.1. The molecule has 0 saturated carbocycles. The largest absolute Gasteiger partial charge is 0.697 e. The fourth-order valence-corrected chi connectivity index (χ4v) is 1.59. The van der Waals surface area contributed by atoms with E-state index in [2.05, 4.69) is 9.84 Å². The van der Waals surface area contributed by atoms with Crippen molar-refractivity contribution in [3.05, 3.63) is 0 Å². The number of rotatable bonds is 8. The van der Waals surface area contributed by atoms with Crippen molar-refractivity contribution in [1.82, 2.24) is 5.32 Å². The van der Waals surface area contributed by atoms with Crippen LogP contribution in [0, 0.1) is 5.41 Å². The van der Waals surface area contributed by atoms with E-state index in [9.17, 15) is 14.5 Å². The molecule has 6 nitrogen and oxygen atoms in total. The molecule has 1 amide bonds. The Bertz CT molecular complexity index is 269. The van der Waals surface area contributed by atoms with Crippen molar-refractivity contribution >= 4 is 14.2 Å². The van der Waals surface area contributed by atoms with Crippen LogP contribution >= 0.6 is 8.25 Å². The number of aliphatic hydroxyl groups is 1. The van der Waals surface area contributed by atoms with E-state index in [0.29, 0.717) is 6.54 Å². The van der Waals surface area contributed by atoms with Gasteiger partial charge in [-0.15, -0.1) is 9.05 Å². The molecule has 0 bridgehead atoms. The number of nitrogens with one attached hydrogen (secondary N) is 1. The van der Waals surface area contributed by atoms with Crippen LogP contribution in [-0.2, 0) is 18.4 Å². The summed E-state index contributed by atoms with van der Waals surface area (Å²) < 4.78 is 20.3. The van der Waals surface area contributed by atoms with Crippen LogP contribution in [0.2, 0.25) is 0 Å². The van der Waals surface area contributed by atoms with Gasteiger partial charge in [0.25, 0.3) is 0 Å². The van der Waals surface area contributed by atoms with E-state index in [1.54, 1.807) is 13.8 Å². The van der Waals surface area contributed by atoms with Crippen molar-refractivity contribution < 1.29 is 23.5 Å². The summed E-state index contributed by atoms with van der Waals surface area (Å²) >= 11 is 0. The molecule has 100 valence electrons. The Morgan fingerprint density at radius 3 is 2.59 bits per heavy atom. The quantitative estimate of drug-likeness (QED) is 0.645. The van der Waals surface area contributed by atoms with E-state index in [0.717, 1.165) is 6.42 Å². The third kappa shape index (κ3) is 6.07. The highest BCUT2D eigenvalue weighted by molar-refractivity contribution is 7.33. The Balaban J connectivity index is 4.27. The highest BCUT2D eigenvalue weighted by Gasteiger charge is 2.37. The van der Waals surface area contributed by atoms with Gasteiger partial charge < -0.3 is 10.4 Å². The maximum absolute atomic E-state index is 11.5. The molecule has 0 spiro atoms. The molecule has 0 aromatic heterocycles. The van der Waals surface area contributed by atoms with Crippen LogP contribution in [0.1, 0.15) is 27.2 Å². The predicted octanol–water partition coefficient (Wildman–Crippen LogP) is 1.22. The molecule has 2 atom stereocenters. The Hall–Kier alpha value is -0.550. The Kier molecular flexibility index (Phi) is 7.46. The molecule has 0 radical (unpaired) electrons. The molecule has 0 heterocycles. The van der Waals surface area contributed by atoms with E-state index < -0.39 is 25.7 Å². The first-order chi connectivity index (χ1) is 7.85. The SMILES string of the molecule is CCCNC(=O)C(O)C(C)(C)CO[P+](=O)OC. The van der Waals surface area contributed by atoms with Crippen LogP contribution in [0.25, 0.3) is 0 Å². The fourth-order valence-electron chi connectivity index (χ4n) is 1.05. The average molecular weight is 266 g/mol. The van der Waals surface area contributed by atoms with E-state index in [1.165, 1.54) is 7.11 Å². The summed E-state index contributed by atoms with van der Waals surface area (Å²) in [5, 5.41) is 12.4. The molecule has 17 heavy (non-hydrogen) atoms. The van der Waals surface area contributed by atoms with Crippen molar-refractivity contribution in [3.63, 3.8) is 0 Å². The van der Waals surface area contributed by atoms with Crippen LogP contribution < -0.4 is 5.32 Å². The first-order valence-corrected chi connectivity index (χ1v) is 6.54. The van der Waals surface area contributed by atoms with Gasteiger partial charge in [0, 0.05) is 16.5 Å². The lowest BCUT2D eigenvalue weighted by Gasteiger charge is -2.26. The summed E-state index contributed by atoms with van der Waals surface area (Å²) in [5.74, 6) is -0.451.